The SMILES string of the molecule is C=Nc1cc(CC)c(C)cc1CC. The van der Waals surface area contributed by atoms with Crippen LogP contribution in [-0.2, 0) is 12.8 Å². The van der Waals surface area contributed by atoms with E-state index in [2.05, 4.69) is 44.6 Å². The van der Waals surface area contributed by atoms with Crippen LogP contribution < -0.4 is 0 Å². The quantitative estimate of drug-likeness (QED) is 0.624. The van der Waals surface area contributed by atoms with Gasteiger partial charge in [0, 0.05) is 0 Å². The molecule has 1 heteroatoms. The van der Waals surface area contributed by atoms with E-state index in [0.717, 1.165) is 18.5 Å². The normalized spacial score (nSPS) is 10.1. The Bertz CT molecular complexity index is 313. The number of benzene rings is 1. The molecule has 0 aliphatic rings. The van der Waals surface area contributed by atoms with Crippen molar-refractivity contribution in [2.45, 2.75) is 33.6 Å². The summed E-state index contributed by atoms with van der Waals surface area (Å²) in [5, 5.41) is 0. The molecule has 0 fully saturated rings. The molecule has 1 rings (SSSR count). The summed E-state index contributed by atoms with van der Waals surface area (Å²) in [6.07, 6.45) is 2.09. The van der Waals surface area contributed by atoms with Crippen molar-refractivity contribution in [3.8, 4) is 0 Å². The molecular formula is C12H17N. The molecule has 0 aromatic heterocycles. The Labute approximate surface area is 80.5 Å². The maximum absolute atomic E-state index is 4.04. The second kappa shape index (κ2) is 4.22. The highest BCUT2D eigenvalue weighted by molar-refractivity contribution is 5.55. The first-order valence-corrected chi connectivity index (χ1v) is 4.82. The van der Waals surface area contributed by atoms with Crippen LogP contribution in [0.5, 0.6) is 0 Å². The standard InChI is InChI=1S/C12H17N/c1-5-10-8-12(13-4)11(6-2)7-9(10)3/h7-8H,4-6H2,1-3H3. The average Bonchev–Trinajstić information content (AvgIpc) is 2.17. The van der Waals surface area contributed by atoms with E-state index in [1.54, 1.807) is 0 Å². The van der Waals surface area contributed by atoms with Crippen LogP contribution in [-0.4, -0.2) is 6.72 Å². The van der Waals surface area contributed by atoms with Crippen molar-refractivity contribution in [2.24, 2.45) is 4.99 Å². The summed E-state index contributed by atoms with van der Waals surface area (Å²) in [4.78, 5) is 4.04. The van der Waals surface area contributed by atoms with Crippen LogP contribution in [0.25, 0.3) is 0 Å². The molecule has 0 heterocycles. The summed E-state index contributed by atoms with van der Waals surface area (Å²) < 4.78 is 0. The van der Waals surface area contributed by atoms with Crippen molar-refractivity contribution in [2.75, 3.05) is 0 Å². The molecule has 0 aliphatic carbocycles. The molecule has 0 saturated heterocycles. The highest BCUT2D eigenvalue weighted by Crippen LogP contribution is 2.24. The van der Waals surface area contributed by atoms with Crippen LogP contribution in [0.1, 0.15) is 30.5 Å². The number of hydrogen-bond donors (Lipinski definition) is 0. The number of nitrogens with zero attached hydrogens (tertiary/aromatic N) is 1. The van der Waals surface area contributed by atoms with Gasteiger partial charge < -0.3 is 0 Å². The molecule has 1 aromatic carbocycles. The minimum atomic E-state index is 1.03. The van der Waals surface area contributed by atoms with Crippen molar-refractivity contribution in [3.63, 3.8) is 0 Å². The fourth-order valence-electron chi connectivity index (χ4n) is 1.61. The monoisotopic (exact) mass is 175 g/mol. The zero-order valence-corrected chi connectivity index (χ0v) is 8.72. The first-order valence-electron chi connectivity index (χ1n) is 4.82. The Kier molecular flexibility index (Phi) is 3.24. The summed E-state index contributed by atoms with van der Waals surface area (Å²) in [6.45, 7) is 10.1. The van der Waals surface area contributed by atoms with E-state index in [0.29, 0.717) is 0 Å². The van der Waals surface area contributed by atoms with Gasteiger partial charge in [0.25, 0.3) is 0 Å². The van der Waals surface area contributed by atoms with Gasteiger partial charge in [0.15, 0.2) is 0 Å². The van der Waals surface area contributed by atoms with Crippen molar-refractivity contribution >= 4 is 12.4 Å². The van der Waals surface area contributed by atoms with E-state index in [4.69, 9.17) is 0 Å². The topological polar surface area (TPSA) is 12.4 Å². The Morgan fingerprint density at radius 2 is 1.77 bits per heavy atom. The van der Waals surface area contributed by atoms with Crippen LogP contribution in [0.15, 0.2) is 17.1 Å². The molecule has 1 nitrogen and oxygen atoms in total. The maximum Gasteiger partial charge on any atom is 0.0657 e. The molecule has 0 amide bonds. The van der Waals surface area contributed by atoms with E-state index >= 15 is 0 Å². The Morgan fingerprint density at radius 1 is 1.15 bits per heavy atom. The van der Waals surface area contributed by atoms with Gasteiger partial charge in [0.1, 0.15) is 0 Å². The predicted molar refractivity (Wildman–Crippen MR) is 59.1 cm³/mol. The molecule has 1 aromatic rings. The molecule has 0 radical (unpaired) electrons. The first kappa shape index (κ1) is 9.97. The molecule has 0 unspecified atom stereocenters. The van der Waals surface area contributed by atoms with Gasteiger partial charge in [-0.3, -0.25) is 4.99 Å². The Hall–Kier alpha value is -1.11. The van der Waals surface area contributed by atoms with Gasteiger partial charge in [-0.15, -0.1) is 0 Å². The molecule has 0 atom stereocenters. The van der Waals surface area contributed by atoms with Crippen LogP contribution in [0.3, 0.4) is 0 Å². The Balaban J connectivity index is 3.26. The Morgan fingerprint density at radius 3 is 2.23 bits per heavy atom. The number of aliphatic imine (C=N–C) groups is 1. The second-order valence-corrected chi connectivity index (χ2v) is 3.27. The van der Waals surface area contributed by atoms with Gasteiger partial charge in [0.2, 0.25) is 0 Å². The minimum Gasteiger partial charge on any atom is -0.264 e. The van der Waals surface area contributed by atoms with Crippen LogP contribution in [0.2, 0.25) is 0 Å². The van der Waals surface area contributed by atoms with Gasteiger partial charge in [-0.05, 0) is 49.2 Å². The van der Waals surface area contributed by atoms with Crippen molar-refractivity contribution < 1.29 is 0 Å². The third-order valence-corrected chi connectivity index (χ3v) is 2.47. The van der Waals surface area contributed by atoms with Crippen LogP contribution in [0.4, 0.5) is 5.69 Å². The lowest BCUT2D eigenvalue weighted by molar-refractivity contribution is 1.07. The third-order valence-electron chi connectivity index (χ3n) is 2.47. The third kappa shape index (κ3) is 1.97. The van der Waals surface area contributed by atoms with E-state index in [1.165, 1.54) is 16.7 Å². The van der Waals surface area contributed by atoms with Crippen LogP contribution >= 0.6 is 0 Å². The molecular weight excluding hydrogens is 158 g/mol. The fourth-order valence-corrected chi connectivity index (χ4v) is 1.61. The average molecular weight is 175 g/mol. The zero-order valence-electron chi connectivity index (χ0n) is 8.72. The number of rotatable bonds is 3. The lowest BCUT2D eigenvalue weighted by atomic mass is 10.00. The fraction of sp³-hybridized carbons (Fsp3) is 0.417. The highest BCUT2D eigenvalue weighted by atomic mass is 14.7. The molecule has 0 spiro atoms. The van der Waals surface area contributed by atoms with Gasteiger partial charge in [-0.1, -0.05) is 19.9 Å². The summed E-state index contributed by atoms with van der Waals surface area (Å²) >= 11 is 0. The van der Waals surface area contributed by atoms with Gasteiger partial charge in [0.05, 0.1) is 5.69 Å². The number of hydrogen-bond acceptors (Lipinski definition) is 1. The summed E-state index contributed by atoms with van der Waals surface area (Å²) in [6, 6.07) is 4.38. The molecule has 0 bridgehead atoms. The largest absolute Gasteiger partial charge is 0.264 e. The summed E-state index contributed by atoms with van der Waals surface area (Å²) in [5.74, 6) is 0. The zero-order chi connectivity index (χ0) is 9.84. The van der Waals surface area contributed by atoms with E-state index in [1.807, 2.05) is 0 Å². The smallest absolute Gasteiger partial charge is 0.0657 e. The van der Waals surface area contributed by atoms with Gasteiger partial charge in [-0.2, -0.15) is 0 Å². The summed E-state index contributed by atoms with van der Waals surface area (Å²) in [7, 11) is 0. The van der Waals surface area contributed by atoms with E-state index < -0.39 is 0 Å². The minimum absolute atomic E-state index is 1.03. The molecule has 0 saturated carbocycles. The first-order chi connectivity index (χ1) is 6.22. The second-order valence-electron chi connectivity index (χ2n) is 3.27. The van der Waals surface area contributed by atoms with Crippen molar-refractivity contribution in [3.05, 3.63) is 28.8 Å². The lowest BCUT2D eigenvalue weighted by Gasteiger charge is -2.08. The van der Waals surface area contributed by atoms with E-state index in [9.17, 15) is 0 Å². The van der Waals surface area contributed by atoms with Gasteiger partial charge >= 0.3 is 0 Å². The highest BCUT2D eigenvalue weighted by Gasteiger charge is 2.03. The molecule has 13 heavy (non-hydrogen) atoms. The number of aryl methyl sites for hydroxylation is 3. The van der Waals surface area contributed by atoms with Crippen molar-refractivity contribution in [1.29, 1.82) is 0 Å². The molecule has 70 valence electrons. The van der Waals surface area contributed by atoms with Gasteiger partial charge in [-0.25, -0.2) is 0 Å². The van der Waals surface area contributed by atoms with E-state index in [-0.39, 0.29) is 0 Å². The lowest BCUT2D eigenvalue weighted by Crippen LogP contribution is -1.90. The molecule has 0 N–H and O–H groups in total. The van der Waals surface area contributed by atoms with Crippen molar-refractivity contribution in [1.82, 2.24) is 0 Å². The summed E-state index contributed by atoms with van der Waals surface area (Å²) in [5.41, 5.74) is 5.08. The van der Waals surface area contributed by atoms with Crippen LogP contribution in [0, 0.1) is 6.92 Å². The molecule has 0 aliphatic heterocycles. The predicted octanol–water partition coefficient (Wildman–Crippen LogP) is 3.45. The maximum atomic E-state index is 4.04.